The van der Waals surface area contributed by atoms with E-state index in [1.807, 2.05) is 0 Å². The predicted molar refractivity (Wildman–Crippen MR) is 77.3 cm³/mol. The number of hydrogen-bond acceptors (Lipinski definition) is 5. The van der Waals surface area contributed by atoms with Crippen LogP contribution in [-0.2, 0) is 0 Å². The molecule has 2 aromatic rings. The number of benzene rings is 2. The number of carbonyl (C=O) groups is 1. The van der Waals surface area contributed by atoms with Crippen LogP contribution in [0.1, 0.15) is 10.4 Å². The Bertz CT molecular complexity index is 647. The fourth-order valence-corrected chi connectivity index (χ4v) is 1.79. The van der Waals surface area contributed by atoms with E-state index in [0.717, 1.165) is 6.07 Å². The number of ether oxygens (including phenoxy) is 2. The van der Waals surface area contributed by atoms with E-state index in [4.69, 9.17) is 9.47 Å². The standard InChI is InChI=1S/C15H15NO5/c1-20-11-5-9(6-12(8-11)21-2)16-15(19)13-4-3-10(17)7-14(13)18/h3-8,17-18H,1-2H3,(H,16,19). The van der Waals surface area contributed by atoms with Crippen molar-refractivity contribution < 1.29 is 24.5 Å². The van der Waals surface area contributed by atoms with Crippen LogP contribution >= 0.6 is 0 Å². The summed E-state index contributed by atoms with van der Waals surface area (Å²) in [6, 6.07) is 8.67. The van der Waals surface area contributed by atoms with Gasteiger partial charge >= 0.3 is 0 Å². The number of methoxy groups -OCH3 is 2. The molecule has 3 N–H and O–H groups in total. The third kappa shape index (κ3) is 3.36. The van der Waals surface area contributed by atoms with E-state index < -0.39 is 5.91 Å². The third-order valence-electron chi connectivity index (χ3n) is 2.84. The zero-order valence-corrected chi connectivity index (χ0v) is 11.6. The van der Waals surface area contributed by atoms with Gasteiger partial charge in [0.2, 0.25) is 0 Å². The zero-order chi connectivity index (χ0) is 15.4. The highest BCUT2D eigenvalue weighted by molar-refractivity contribution is 6.06. The van der Waals surface area contributed by atoms with Gasteiger partial charge in [0.25, 0.3) is 5.91 Å². The molecule has 0 radical (unpaired) electrons. The Labute approximate surface area is 121 Å². The molecule has 2 aromatic carbocycles. The fraction of sp³-hybridized carbons (Fsp3) is 0.133. The Morgan fingerprint density at radius 2 is 1.62 bits per heavy atom. The molecule has 0 heterocycles. The minimum absolute atomic E-state index is 0.0505. The van der Waals surface area contributed by atoms with Gasteiger partial charge in [0.15, 0.2) is 0 Å². The van der Waals surface area contributed by atoms with Gasteiger partial charge in [-0.15, -0.1) is 0 Å². The molecular weight excluding hydrogens is 274 g/mol. The lowest BCUT2D eigenvalue weighted by molar-refractivity contribution is 0.102. The molecule has 21 heavy (non-hydrogen) atoms. The predicted octanol–water partition coefficient (Wildman–Crippen LogP) is 2.37. The number of nitrogens with one attached hydrogen (secondary N) is 1. The molecule has 2 rings (SSSR count). The minimum atomic E-state index is -0.511. The van der Waals surface area contributed by atoms with Crippen molar-refractivity contribution in [1.82, 2.24) is 0 Å². The van der Waals surface area contributed by atoms with Gasteiger partial charge in [0, 0.05) is 30.0 Å². The summed E-state index contributed by atoms with van der Waals surface area (Å²) < 4.78 is 10.2. The lowest BCUT2D eigenvalue weighted by Crippen LogP contribution is -2.12. The first-order valence-corrected chi connectivity index (χ1v) is 6.10. The molecule has 0 atom stereocenters. The maximum atomic E-state index is 12.1. The van der Waals surface area contributed by atoms with E-state index >= 15 is 0 Å². The van der Waals surface area contributed by atoms with E-state index in [2.05, 4.69) is 5.32 Å². The van der Waals surface area contributed by atoms with Crippen molar-refractivity contribution in [2.24, 2.45) is 0 Å². The molecule has 110 valence electrons. The number of phenolic OH excluding ortho intramolecular Hbond substituents is 2. The molecule has 6 nitrogen and oxygen atoms in total. The van der Waals surface area contributed by atoms with Crippen LogP contribution in [0.2, 0.25) is 0 Å². The molecule has 0 aromatic heterocycles. The minimum Gasteiger partial charge on any atom is -0.508 e. The summed E-state index contributed by atoms with van der Waals surface area (Å²) in [6.07, 6.45) is 0. The van der Waals surface area contributed by atoms with Crippen molar-refractivity contribution in [3.63, 3.8) is 0 Å². The van der Waals surface area contributed by atoms with Crippen molar-refractivity contribution >= 4 is 11.6 Å². The molecule has 0 aliphatic carbocycles. The van der Waals surface area contributed by atoms with Crippen LogP contribution in [0.25, 0.3) is 0 Å². The number of anilines is 1. The Balaban J connectivity index is 2.26. The van der Waals surface area contributed by atoms with E-state index in [-0.39, 0.29) is 17.1 Å². The number of hydrogen-bond donors (Lipinski definition) is 3. The summed E-state index contributed by atoms with van der Waals surface area (Å²) in [6.45, 7) is 0. The normalized spacial score (nSPS) is 10.0. The van der Waals surface area contributed by atoms with E-state index in [1.165, 1.54) is 26.4 Å². The average Bonchev–Trinajstić information content (AvgIpc) is 2.46. The molecule has 0 fully saturated rings. The molecule has 0 spiro atoms. The second-order valence-corrected chi connectivity index (χ2v) is 4.26. The molecular formula is C15H15NO5. The molecule has 0 saturated heterocycles. The van der Waals surface area contributed by atoms with Crippen LogP contribution in [0.15, 0.2) is 36.4 Å². The van der Waals surface area contributed by atoms with Crippen molar-refractivity contribution in [2.75, 3.05) is 19.5 Å². The average molecular weight is 289 g/mol. The van der Waals surface area contributed by atoms with Crippen LogP contribution in [-0.4, -0.2) is 30.3 Å². The molecule has 0 unspecified atom stereocenters. The van der Waals surface area contributed by atoms with E-state index in [1.54, 1.807) is 18.2 Å². The molecule has 1 amide bonds. The summed E-state index contributed by atoms with van der Waals surface area (Å²) in [4.78, 5) is 12.1. The number of rotatable bonds is 4. The van der Waals surface area contributed by atoms with Crippen molar-refractivity contribution in [1.29, 1.82) is 0 Å². The highest BCUT2D eigenvalue weighted by atomic mass is 16.5. The number of carbonyl (C=O) groups excluding carboxylic acids is 1. The SMILES string of the molecule is COc1cc(NC(=O)c2ccc(O)cc2O)cc(OC)c1. The summed E-state index contributed by atoms with van der Waals surface area (Å²) in [5.41, 5.74) is 0.512. The van der Waals surface area contributed by atoms with Gasteiger partial charge in [-0.05, 0) is 12.1 Å². The van der Waals surface area contributed by atoms with Gasteiger partial charge < -0.3 is 25.0 Å². The van der Waals surface area contributed by atoms with E-state index in [9.17, 15) is 15.0 Å². The quantitative estimate of drug-likeness (QED) is 0.804. The molecule has 6 heteroatoms. The number of aromatic hydroxyl groups is 2. The zero-order valence-electron chi connectivity index (χ0n) is 11.6. The van der Waals surface area contributed by atoms with Crippen LogP contribution < -0.4 is 14.8 Å². The summed E-state index contributed by atoms with van der Waals surface area (Å²) in [5, 5.41) is 21.5. The molecule has 0 aliphatic heterocycles. The highest BCUT2D eigenvalue weighted by Crippen LogP contribution is 2.27. The number of amides is 1. The lowest BCUT2D eigenvalue weighted by atomic mass is 10.1. The first kappa shape index (κ1) is 14.5. The second kappa shape index (κ2) is 6.04. The second-order valence-electron chi connectivity index (χ2n) is 4.26. The van der Waals surface area contributed by atoms with Crippen LogP contribution in [0, 0.1) is 0 Å². The van der Waals surface area contributed by atoms with Gasteiger partial charge in [-0.3, -0.25) is 4.79 Å². The summed E-state index contributed by atoms with van der Waals surface area (Å²) >= 11 is 0. The first-order chi connectivity index (χ1) is 10.0. The highest BCUT2D eigenvalue weighted by Gasteiger charge is 2.13. The third-order valence-corrected chi connectivity index (χ3v) is 2.84. The van der Waals surface area contributed by atoms with Crippen molar-refractivity contribution in [2.45, 2.75) is 0 Å². The monoisotopic (exact) mass is 289 g/mol. The van der Waals surface area contributed by atoms with Gasteiger partial charge in [0.1, 0.15) is 23.0 Å². The Kier molecular flexibility index (Phi) is 4.18. The van der Waals surface area contributed by atoms with Gasteiger partial charge in [-0.1, -0.05) is 0 Å². The molecule has 0 saturated carbocycles. The van der Waals surface area contributed by atoms with Crippen molar-refractivity contribution in [3.05, 3.63) is 42.0 Å². The summed E-state index contributed by atoms with van der Waals surface area (Å²) in [5.74, 6) is 0.122. The fourth-order valence-electron chi connectivity index (χ4n) is 1.79. The Morgan fingerprint density at radius 1 is 1.00 bits per heavy atom. The molecule has 0 bridgehead atoms. The smallest absolute Gasteiger partial charge is 0.259 e. The van der Waals surface area contributed by atoms with Gasteiger partial charge in [-0.2, -0.15) is 0 Å². The maximum Gasteiger partial charge on any atom is 0.259 e. The maximum absolute atomic E-state index is 12.1. The van der Waals surface area contributed by atoms with Gasteiger partial charge in [0.05, 0.1) is 19.8 Å². The van der Waals surface area contributed by atoms with Crippen LogP contribution in [0.4, 0.5) is 5.69 Å². The van der Waals surface area contributed by atoms with E-state index in [0.29, 0.717) is 17.2 Å². The van der Waals surface area contributed by atoms with Crippen LogP contribution in [0.3, 0.4) is 0 Å². The topological polar surface area (TPSA) is 88.0 Å². The van der Waals surface area contributed by atoms with Gasteiger partial charge in [-0.25, -0.2) is 0 Å². The Hall–Kier alpha value is -2.89. The van der Waals surface area contributed by atoms with Crippen molar-refractivity contribution in [3.8, 4) is 23.0 Å². The van der Waals surface area contributed by atoms with Crippen LogP contribution in [0.5, 0.6) is 23.0 Å². The first-order valence-electron chi connectivity index (χ1n) is 6.10. The Morgan fingerprint density at radius 3 is 2.14 bits per heavy atom. The lowest BCUT2D eigenvalue weighted by Gasteiger charge is -2.10. The molecule has 0 aliphatic rings. The number of phenols is 2. The summed E-state index contributed by atoms with van der Waals surface area (Å²) in [7, 11) is 3.01. The largest absolute Gasteiger partial charge is 0.508 e.